The average Bonchev–Trinajstić information content (AvgIpc) is 2.32. The first-order valence-corrected chi connectivity index (χ1v) is 6.78. The Balaban J connectivity index is 2.25. The van der Waals surface area contributed by atoms with Crippen LogP contribution in [-0.2, 0) is 0 Å². The summed E-state index contributed by atoms with van der Waals surface area (Å²) >= 11 is 3.45. The zero-order valence-corrected chi connectivity index (χ0v) is 12.7. The van der Waals surface area contributed by atoms with Gasteiger partial charge in [-0.1, -0.05) is 6.07 Å². The third-order valence-corrected chi connectivity index (χ3v) is 3.50. The molecule has 3 nitrogen and oxygen atoms in total. The molecular weight excluding hydrogens is 304 g/mol. The lowest BCUT2D eigenvalue weighted by Gasteiger charge is -2.10. The van der Waals surface area contributed by atoms with Crippen LogP contribution in [0.1, 0.15) is 27.3 Å². The van der Waals surface area contributed by atoms with E-state index in [0.29, 0.717) is 5.56 Å². The van der Waals surface area contributed by atoms with E-state index in [1.54, 1.807) is 6.07 Å². The van der Waals surface area contributed by atoms with E-state index in [1.165, 1.54) is 0 Å². The third-order valence-electron chi connectivity index (χ3n) is 2.84. The van der Waals surface area contributed by atoms with Gasteiger partial charge in [0.15, 0.2) is 0 Å². The number of nitrogens with zero attached hydrogens (tertiary/aromatic N) is 1. The second kappa shape index (κ2) is 5.53. The van der Waals surface area contributed by atoms with E-state index >= 15 is 0 Å². The van der Waals surface area contributed by atoms with Gasteiger partial charge in [-0.25, -0.2) is 0 Å². The van der Waals surface area contributed by atoms with E-state index in [1.807, 2.05) is 45.0 Å². The Hall–Kier alpha value is -1.68. The average molecular weight is 319 g/mol. The number of benzene rings is 1. The summed E-state index contributed by atoms with van der Waals surface area (Å²) in [7, 11) is 0. The Morgan fingerprint density at radius 1 is 1.16 bits per heavy atom. The summed E-state index contributed by atoms with van der Waals surface area (Å²) in [6.45, 7) is 5.75. The Bertz CT molecular complexity index is 638. The second-order valence-corrected chi connectivity index (χ2v) is 5.38. The molecule has 4 heteroatoms. The number of pyridine rings is 1. The van der Waals surface area contributed by atoms with Crippen molar-refractivity contribution in [1.82, 2.24) is 4.98 Å². The Labute approximate surface area is 121 Å². The Morgan fingerprint density at radius 3 is 2.53 bits per heavy atom. The molecule has 0 bridgehead atoms. The molecular formula is C15H15BrN2O. The predicted molar refractivity (Wildman–Crippen MR) is 80.5 cm³/mol. The van der Waals surface area contributed by atoms with Crippen molar-refractivity contribution in [1.29, 1.82) is 0 Å². The standard InChI is InChI=1S/C15H15BrN2O/c1-9-4-7-14(13(16)8-9)18-15(19)12-6-5-10(2)17-11(12)3/h4-8H,1-3H3,(H,18,19). The van der Waals surface area contributed by atoms with Gasteiger partial charge in [0.25, 0.3) is 5.91 Å². The lowest BCUT2D eigenvalue weighted by molar-refractivity contribution is 0.102. The molecule has 2 aromatic rings. The highest BCUT2D eigenvalue weighted by Gasteiger charge is 2.11. The number of nitrogens with one attached hydrogen (secondary N) is 1. The largest absolute Gasteiger partial charge is 0.321 e. The van der Waals surface area contributed by atoms with Crippen molar-refractivity contribution in [3.8, 4) is 0 Å². The van der Waals surface area contributed by atoms with Crippen LogP contribution in [0, 0.1) is 20.8 Å². The number of rotatable bonds is 2. The van der Waals surface area contributed by atoms with Gasteiger partial charge in [0.1, 0.15) is 0 Å². The molecule has 1 heterocycles. The summed E-state index contributed by atoms with van der Waals surface area (Å²) in [6.07, 6.45) is 0. The van der Waals surface area contributed by atoms with Crippen LogP contribution in [0.25, 0.3) is 0 Å². The molecule has 2 rings (SSSR count). The predicted octanol–water partition coefficient (Wildman–Crippen LogP) is 4.02. The minimum atomic E-state index is -0.144. The lowest BCUT2D eigenvalue weighted by atomic mass is 10.1. The number of hydrogen-bond donors (Lipinski definition) is 1. The van der Waals surface area contributed by atoms with Gasteiger partial charge in [-0.05, 0) is 66.5 Å². The molecule has 1 aromatic carbocycles. The van der Waals surface area contributed by atoms with Crippen LogP contribution in [0.2, 0.25) is 0 Å². The minimum Gasteiger partial charge on any atom is -0.321 e. The first-order chi connectivity index (χ1) is 8.97. The lowest BCUT2D eigenvalue weighted by Crippen LogP contribution is -2.14. The summed E-state index contributed by atoms with van der Waals surface area (Å²) < 4.78 is 0.874. The monoisotopic (exact) mass is 318 g/mol. The molecule has 1 N–H and O–H groups in total. The summed E-state index contributed by atoms with van der Waals surface area (Å²) in [5.74, 6) is -0.144. The van der Waals surface area contributed by atoms with Crippen molar-refractivity contribution < 1.29 is 4.79 Å². The molecule has 0 spiro atoms. The summed E-state index contributed by atoms with van der Waals surface area (Å²) in [6, 6.07) is 9.45. The van der Waals surface area contributed by atoms with Gasteiger partial charge in [0.2, 0.25) is 0 Å². The molecule has 0 aliphatic heterocycles. The van der Waals surface area contributed by atoms with Crippen molar-refractivity contribution in [3.05, 3.63) is 57.3 Å². The molecule has 0 aliphatic rings. The maximum absolute atomic E-state index is 12.2. The second-order valence-electron chi connectivity index (χ2n) is 4.52. The zero-order chi connectivity index (χ0) is 14.0. The van der Waals surface area contributed by atoms with Crippen LogP contribution >= 0.6 is 15.9 Å². The molecule has 0 fully saturated rings. The van der Waals surface area contributed by atoms with Crippen molar-refractivity contribution >= 4 is 27.5 Å². The van der Waals surface area contributed by atoms with Crippen LogP contribution in [0.15, 0.2) is 34.8 Å². The quantitative estimate of drug-likeness (QED) is 0.908. The number of amides is 1. The van der Waals surface area contributed by atoms with Gasteiger partial charge in [-0.2, -0.15) is 0 Å². The third kappa shape index (κ3) is 3.20. The smallest absolute Gasteiger partial charge is 0.257 e. The summed E-state index contributed by atoms with van der Waals surface area (Å²) in [5.41, 5.74) is 4.14. The van der Waals surface area contributed by atoms with Gasteiger partial charge in [-0.15, -0.1) is 0 Å². The zero-order valence-electron chi connectivity index (χ0n) is 11.1. The molecule has 0 saturated heterocycles. The highest BCUT2D eigenvalue weighted by molar-refractivity contribution is 9.10. The normalized spacial score (nSPS) is 10.3. The van der Waals surface area contributed by atoms with Crippen LogP contribution in [-0.4, -0.2) is 10.9 Å². The molecule has 0 aliphatic carbocycles. The minimum absolute atomic E-state index is 0.144. The molecule has 0 radical (unpaired) electrons. The van der Waals surface area contributed by atoms with Gasteiger partial charge >= 0.3 is 0 Å². The van der Waals surface area contributed by atoms with Gasteiger partial charge in [-0.3, -0.25) is 9.78 Å². The number of hydrogen-bond acceptors (Lipinski definition) is 2. The summed E-state index contributed by atoms with van der Waals surface area (Å²) in [5, 5.41) is 2.89. The maximum Gasteiger partial charge on any atom is 0.257 e. The van der Waals surface area contributed by atoms with Crippen molar-refractivity contribution in [3.63, 3.8) is 0 Å². The number of anilines is 1. The van der Waals surface area contributed by atoms with E-state index in [9.17, 15) is 4.79 Å². The van der Waals surface area contributed by atoms with E-state index < -0.39 is 0 Å². The number of halogens is 1. The highest BCUT2D eigenvalue weighted by atomic mass is 79.9. The van der Waals surface area contributed by atoms with E-state index in [-0.39, 0.29) is 5.91 Å². The van der Waals surface area contributed by atoms with Crippen LogP contribution in [0.5, 0.6) is 0 Å². The van der Waals surface area contributed by atoms with Crippen molar-refractivity contribution in [2.24, 2.45) is 0 Å². The fourth-order valence-corrected chi connectivity index (χ4v) is 2.43. The van der Waals surface area contributed by atoms with Gasteiger partial charge in [0, 0.05) is 10.2 Å². The maximum atomic E-state index is 12.2. The molecule has 98 valence electrons. The number of carbonyl (C=O) groups is 1. The van der Waals surface area contributed by atoms with E-state index in [0.717, 1.165) is 27.1 Å². The molecule has 1 amide bonds. The first-order valence-electron chi connectivity index (χ1n) is 5.99. The molecule has 0 atom stereocenters. The number of aryl methyl sites for hydroxylation is 3. The van der Waals surface area contributed by atoms with Gasteiger partial charge < -0.3 is 5.32 Å². The molecule has 0 unspecified atom stereocenters. The SMILES string of the molecule is Cc1ccc(NC(=O)c2ccc(C)nc2C)c(Br)c1. The van der Waals surface area contributed by atoms with Crippen LogP contribution in [0.4, 0.5) is 5.69 Å². The molecule has 19 heavy (non-hydrogen) atoms. The Kier molecular flexibility index (Phi) is 4.00. The molecule has 0 saturated carbocycles. The number of carbonyl (C=O) groups excluding carboxylic acids is 1. The van der Waals surface area contributed by atoms with E-state index in [2.05, 4.69) is 26.2 Å². The highest BCUT2D eigenvalue weighted by Crippen LogP contribution is 2.24. The number of aromatic nitrogens is 1. The van der Waals surface area contributed by atoms with Crippen molar-refractivity contribution in [2.45, 2.75) is 20.8 Å². The van der Waals surface area contributed by atoms with E-state index in [4.69, 9.17) is 0 Å². The summed E-state index contributed by atoms with van der Waals surface area (Å²) in [4.78, 5) is 16.5. The fraction of sp³-hybridized carbons (Fsp3) is 0.200. The topological polar surface area (TPSA) is 42.0 Å². The first kappa shape index (κ1) is 13.7. The van der Waals surface area contributed by atoms with Crippen molar-refractivity contribution in [2.75, 3.05) is 5.32 Å². The fourth-order valence-electron chi connectivity index (χ4n) is 1.84. The Morgan fingerprint density at radius 2 is 1.89 bits per heavy atom. The molecule has 1 aromatic heterocycles. The van der Waals surface area contributed by atoms with Gasteiger partial charge in [0.05, 0.1) is 16.9 Å². The van der Waals surface area contributed by atoms with Crippen LogP contribution in [0.3, 0.4) is 0 Å². The van der Waals surface area contributed by atoms with Crippen LogP contribution < -0.4 is 5.32 Å².